The molecule has 0 aromatic heterocycles. The van der Waals surface area contributed by atoms with Crippen molar-refractivity contribution in [3.8, 4) is 6.07 Å². The molecule has 1 heteroatoms. The molecule has 0 aliphatic carbocycles. The molecule has 0 aliphatic rings. The summed E-state index contributed by atoms with van der Waals surface area (Å²) in [5.74, 6) is 0.382. The molecule has 1 nitrogen and oxygen atoms in total. The van der Waals surface area contributed by atoms with Crippen LogP contribution in [0.4, 0.5) is 0 Å². The van der Waals surface area contributed by atoms with E-state index in [1.165, 1.54) is 5.56 Å². The first-order valence-electron chi connectivity index (χ1n) is 5.03. The predicted molar refractivity (Wildman–Crippen MR) is 58.7 cm³/mol. The molecule has 0 saturated carbocycles. The Labute approximate surface area is 86.4 Å². The van der Waals surface area contributed by atoms with E-state index in [4.69, 9.17) is 5.26 Å². The number of hydrogen-bond donors (Lipinski definition) is 0. The van der Waals surface area contributed by atoms with Crippen molar-refractivity contribution in [2.24, 2.45) is 11.3 Å². The fourth-order valence-electron chi connectivity index (χ4n) is 1.39. The number of benzene rings is 1. The Kier molecular flexibility index (Phi) is 3.30. The Hall–Kier alpha value is -1.29. The van der Waals surface area contributed by atoms with Gasteiger partial charge in [0, 0.05) is 0 Å². The average Bonchev–Trinajstić information content (AvgIpc) is 2.19. The smallest absolute Gasteiger partial charge is 0.0693 e. The third kappa shape index (κ3) is 2.35. The van der Waals surface area contributed by atoms with Gasteiger partial charge in [0.15, 0.2) is 0 Å². The van der Waals surface area contributed by atoms with Crippen molar-refractivity contribution in [3.63, 3.8) is 0 Å². The van der Waals surface area contributed by atoms with Crippen LogP contribution in [0.5, 0.6) is 0 Å². The third-order valence-electron chi connectivity index (χ3n) is 2.94. The topological polar surface area (TPSA) is 23.8 Å². The molecule has 1 aromatic carbocycles. The van der Waals surface area contributed by atoms with E-state index < -0.39 is 0 Å². The van der Waals surface area contributed by atoms with Crippen molar-refractivity contribution < 1.29 is 0 Å². The van der Waals surface area contributed by atoms with Gasteiger partial charge in [-0.1, -0.05) is 44.2 Å². The Morgan fingerprint density at radius 1 is 1.29 bits per heavy atom. The van der Waals surface area contributed by atoms with E-state index in [-0.39, 0.29) is 5.41 Å². The van der Waals surface area contributed by atoms with E-state index in [0.29, 0.717) is 5.92 Å². The molecule has 0 fully saturated rings. The van der Waals surface area contributed by atoms with E-state index in [2.05, 4.69) is 32.0 Å². The normalized spacial score (nSPS) is 14.8. The lowest BCUT2D eigenvalue weighted by atomic mass is 9.76. The Morgan fingerprint density at radius 3 is 2.29 bits per heavy atom. The molecule has 0 spiro atoms. The quantitative estimate of drug-likeness (QED) is 0.711. The fourth-order valence-corrected chi connectivity index (χ4v) is 1.39. The molecular weight excluding hydrogens is 170 g/mol. The number of nitriles is 1. The first-order chi connectivity index (χ1) is 6.58. The summed E-state index contributed by atoms with van der Waals surface area (Å²) in [5.41, 5.74) is 0.992. The maximum Gasteiger partial charge on any atom is 0.0693 e. The minimum absolute atomic E-state index is 0.249. The van der Waals surface area contributed by atoms with Crippen LogP contribution in [-0.2, 0) is 6.42 Å². The Balaban J connectivity index is 2.83. The zero-order valence-electron chi connectivity index (χ0n) is 9.12. The van der Waals surface area contributed by atoms with Crippen LogP contribution in [0.1, 0.15) is 26.3 Å². The van der Waals surface area contributed by atoms with Gasteiger partial charge < -0.3 is 0 Å². The van der Waals surface area contributed by atoms with Crippen LogP contribution in [0.2, 0.25) is 0 Å². The van der Waals surface area contributed by atoms with E-state index in [1.54, 1.807) is 0 Å². The van der Waals surface area contributed by atoms with Crippen LogP contribution in [0, 0.1) is 22.7 Å². The van der Waals surface area contributed by atoms with Crippen LogP contribution >= 0.6 is 0 Å². The summed E-state index contributed by atoms with van der Waals surface area (Å²) in [4.78, 5) is 0. The van der Waals surface area contributed by atoms with Crippen LogP contribution in [-0.4, -0.2) is 0 Å². The van der Waals surface area contributed by atoms with Crippen molar-refractivity contribution in [2.45, 2.75) is 27.2 Å². The summed E-state index contributed by atoms with van der Waals surface area (Å²) >= 11 is 0. The molecule has 1 atom stereocenters. The lowest BCUT2D eigenvalue weighted by molar-refractivity contribution is 0.307. The molecule has 0 heterocycles. The maximum atomic E-state index is 9.17. The minimum atomic E-state index is -0.249. The number of rotatable bonds is 3. The van der Waals surface area contributed by atoms with Crippen molar-refractivity contribution in [2.75, 3.05) is 0 Å². The van der Waals surface area contributed by atoms with Gasteiger partial charge in [0.2, 0.25) is 0 Å². The molecule has 0 N–H and O–H groups in total. The lowest BCUT2D eigenvalue weighted by Crippen LogP contribution is -2.24. The summed E-state index contributed by atoms with van der Waals surface area (Å²) < 4.78 is 0. The Morgan fingerprint density at radius 2 is 1.86 bits per heavy atom. The van der Waals surface area contributed by atoms with E-state index in [1.807, 2.05) is 25.1 Å². The second-order valence-electron chi connectivity index (χ2n) is 4.35. The van der Waals surface area contributed by atoms with Gasteiger partial charge in [-0.25, -0.2) is 0 Å². The second-order valence-corrected chi connectivity index (χ2v) is 4.35. The summed E-state index contributed by atoms with van der Waals surface area (Å²) in [5, 5.41) is 9.17. The molecule has 0 radical (unpaired) electrons. The average molecular weight is 187 g/mol. The van der Waals surface area contributed by atoms with Gasteiger partial charge in [-0.05, 0) is 24.8 Å². The molecule has 1 aromatic rings. The predicted octanol–water partition coefficient (Wildman–Crippen LogP) is 3.41. The molecule has 74 valence electrons. The summed E-state index contributed by atoms with van der Waals surface area (Å²) in [6.07, 6.45) is 0.835. The summed E-state index contributed by atoms with van der Waals surface area (Å²) in [6, 6.07) is 12.6. The van der Waals surface area contributed by atoms with Crippen LogP contribution < -0.4 is 0 Å². The zero-order valence-corrected chi connectivity index (χ0v) is 9.12. The van der Waals surface area contributed by atoms with Gasteiger partial charge in [-0.2, -0.15) is 5.26 Å². The molecule has 0 aliphatic heterocycles. The molecule has 0 bridgehead atoms. The van der Waals surface area contributed by atoms with Gasteiger partial charge in [-0.3, -0.25) is 0 Å². The number of hydrogen-bond acceptors (Lipinski definition) is 1. The van der Waals surface area contributed by atoms with Gasteiger partial charge in [0.1, 0.15) is 0 Å². The van der Waals surface area contributed by atoms with Gasteiger partial charge >= 0.3 is 0 Å². The molecule has 0 amide bonds. The van der Waals surface area contributed by atoms with E-state index >= 15 is 0 Å². The Bertz CT molecular complexity index is 321. The van der Waals surface area contributed by atoms with Crippen LogP contribution in [0.25, 0.3) is 0 Å². The molecule has 0 saturated heterocycles. The number of nitrogens with zero attached hydrogens (tertiary/aromatic N) is 1. The molecule has 14 heavy (non-hydrogen) atoms. The second kappa shape index (κ2) is 4.28. The largest absolute Gasteiger partial charge is 0.198 e. The minimum Gasteiger partial charge on any atom is -0.198 e. The van der Waals surface area contributed by atoms with Gasteiger partial charge in [0.25, 0.3) is 0 Å². The highest BCUT2D eigenvalue weighted by atomic mass is 14.4. The van der Waals surface area contributed by atoms with Crippen LogP contribution in [0.3, 0.4) is 0 Å². The molecule has 1 rings (SSSR count). The van der Waals surface area contributed by atoms with E-state index in [9.17, 15) is 0 Å². The monoisotopic (exact) mass is 187 g/mol. The highest BCUT2D eigenvalue weighted by Gasteiger charge is 2.28. The fraction of sp³-hybridized carbons (Fsp3) is 0.462. The highest BCUT2D eigenvalue weighted by molar-refractivity contribution is 5.19. The van der Waals surface area contributed by atoms with Crippen LogP contribution in [0.15, 0.2) is 30.3 Å². The first-order valence-corrected chi connectivity index (χ1v) is 5.03. The van der Waals surface area contributed by atoms with Gasteiger partial charge in [-0.15, -0.1) is 0 Å². The molecular formula is C13H17N. The van der Waals surface area contributed by atoms with E-state index in [0.717, 1.165) is 6.42 Å². The first kappa shape index (κ1) is 10.8. The van der Waals surface area contributed by atoms with Crippen molar-refractivity contribution in [3.05, 3.63) is 35.9 Å². The highest BCUT2D eigenvalue weighted by Crippen LogP contribution is 2.30. The summed E-state index contributed by atoms with van der Waals surface area (Å²) in [7, 11) is 0. The van der Waals surface area contributed by atoms with Gasteiger partial charge in [0.05, 0.1) is 11.5 Å². The van der Waals surface area contributed by atoms with Crippen molar-refractivity contribution >= 4 is 0 Å². The lowest BCUT2D eigenvalue weighted by Gasteiger charge is -2.25. The third-order valence-corrected chi connectivity index (χ3v) is 2.94. The van der Waals surface area contributed by atoms with Crippen molar-refractivity contribution in [1.29, 1.82) is 5.26 Å². The SMILES string of the molecule is CC(C)C(C)(C#N)Cc1ccccc1. The van der Waals surface area contributed by atoms with Crippen molar-refractivity contribution in [1.82, 2.24) is 0 Å². The zero-order chi connectivity index (χ0) is 10.6. The molecule has 1 unspecified atom stereocenters. The summed E-state index contributed by atoms with van der Waals surface area (Å²) in [6.45, 7) is 6.24. The maximum absolute atomic E-state index is 9.17. The standard InChI is InChI=1S/C13H17N/c1-11(2)13(3,10-14)9-12-7-5-4-6-8-12/h4-8,11H,9H2,1-3H3.